The largest absolute Gasteiger partial charge is 0.480 e. The van der Waals surface area contributed by atoms with E-state index in [0.29, 0.717) is 18.7 Å². The number of nitrogens with one attached hydrogen (secondary N) is 1. The third-order valence-electron chi connectivity index (χ3n) is 2.90. The first kappa shape index (κ1) is 12.3. The second-order valence-corrected chi connectivity index (χ2v) is 4.18. The molecule has 0 saturated heterocycles. The number of hydrogen-bond donors (Lipinski definition) is 2. The molecular formula is C12H13FN2O3. The monoisotopic (exact) mass is 252 g/mol. The second-order valence-electron chi connectivity index (χ2n) is 4.18. The van der Waals surface area contributed by atoms with E-state index in [4.69, 9.17) is 5.11 Å². The molecule has 96 valence electrons. The molecular weight excluding hydrogens is 239 g/mol. The minimum absolute atomic E-state index is 0.417. The third kappa shape index (κ3) is 2.27. The summed E-state index contributed by atoms with van der Waals surface area (Å²) in [6.07, 6.45) is 0.643. The molecule has 1 aromatic carbocycles. The smallest absolute Gasteiger partial charge is 0.325 e. The number of urea groups is 1. The molecule has 18 heavy (non-hydrogen) atoms. The lowest BCUT2D eigenvalue weighted by molar-refractivity contribution is -0.138. The van der Waals surface area contributed by atoms with Crippen LogP contribution in [0.25, 0.3) is 0 Å². The number of carboxylic acids is 1. The summed E-state index contributed by atoms with van der Waals surface area (Å²) in [5.74, 6) is -1.53. The third-order valence-corrected chi connectivity index (χ3v) is 2.90. The van der Waals surface area contributed by atoms with Crippen LogP contribution < -0.4 is 10.2 Å². The summed E-state index contributed by atoms with van der Waals surface area (Å²) in [7, 11) is 0. The average Bonchev–Trinajstić information content (AvgIpc) is 2.71. The summed E-state index contributed by atoms with van der Waals surface area (Å²) in [5.41, 5.74) is 1.39. The number of carbonyl (C=O) groups excluding carboxylic acids is 1. The molecule has 1 aliphatic heterocycles. The number of amides is 2. The maximum absolute atomic E-state index is 13.1. The van der Waals surface area contributed by atoms with Crippen LogP contribution in [0.3, 0.4) is 0 Å². The first-order valence-corrected chi connectivity index (χ1v) is 5.58. The van der Waals surface area contributed by atoms with E-state index in [1.165, 1.54) is 24.0 Å². The van der Waals surface area contributed by atoms with Gasteiger partial charge in [-0.2, -0.15) is 0 Å². The highest BCUT2D eigenvalue weighted by molar-refractivity contribution is 5.96. The van der Waals surface area contributed by atoms with Crippen molar-refractivity contribution < 1.29 is 19.1 Å². The number of hydrogen-bond acceptors (Lipinski definition) is 2. The van der Waals surface area contributed by atoms with E-state index in [0.717, 1.165) is 5.56 Å². The SMILES string of the molecule is C[C@H](NC(=O)N1CCc2ccc(F)cc21)C(=O)O. The molecule has 1 atom stereocenters. The van der Waals surface area contributed by atoms with Crippen molar-refractivity contribution >= 4 is 17.7 Å². The minimum Gasteiger partial charge on any atom is -0.480 e. The Kier molecular flexibility index (Phi) is 3.18. The average molecular weight is 252 g/mol. The van der Waals surface area contributed by atoms with Gasteiger partial charge in [0, 0.05) is 6.54 Å². The van der Waals surface area contributed by atoms with Gasteiger partial charge in [0.25, 0.3) is 0 Å². The number of carboxylic acid groups (broad SMARTS) is 1. The Labute approximate surface area is 103 Å². The zero-order valence-electron chi connectivity index (χ0n) is 9.81. The lowest BCUT2D eigenvalue weighted by atomic mass is 10.2. The van der Waals surface area contributed by atoms with E-state index in [1.54, 1.807) is 6.07 Å². The normalized spacial score (nSPS) is 15.1. The van der Waals surface area contributed by atoms with Gasteiger partial charge in [0.2, 0.25) is 0 Å². The van der Waals surface area contributed by atoms with Crippen LogP contribution in [0, 0.1) is 5.82 Å². The van der Waals surface area contributed by atoms with Crippen LogP contribution in [0.5, 0.6) is 0 Å². The van der Waals surface area contributed by atoms with Gasteiger partial charge in [0.05, 0.1) is 5.69 Å². The van der Waals surface area contributed by atoms with E-state index >= 15 is 0 Å². The van der Waals surface area contributed by atoms with E-state index in [9.17, 15) is 14.0 Å². The summed E-state index contributed by atoms with van der Waals surface area (Å²) in [4.78, 5) is 23.9. The van der Waals surface area contributed by atoms with Crippen LogP contribution >= 0.6 is 0 Å². The van der Waals surface area contributed by atoms with Gasteiger partial charge in [-0.05, 0) is 31.0 Å². The second kappa shape index (κ2) is 4.64. The highest BCUT2D eigenvalue weighted by atomic mass is 19.1. The number of fused-ring (bicyclic) bond motifs is 1. The zero-order chi connectivity index (χ0) is 13.3. The van der Waals surface area contributed by atoms with E-state index in [1.807, 2.05) is 0 Å². The van der Waals surface area contributed by atoms with Gasteiger partial charge in [-0.15, -0.1) is 0 Å². The molecule has 0 unspecified atom stereocenters. The fraction of sp³-hybridized carbons (Fsp3) is 0.333. The molecule has 0 bridgehead atoms. The summed E-state index contributed by atoms with van der Waals surface area (Å²) in [5, 5.41) is 11.1. The molecule has 0 aromatic heterocycles. The van der Waals surface area contributed by atoms with Crippen molar-refractivity contribution in [2.75, 3.05) is 11.4 Å². The number of benzene rings is 1. The highest BCUT2D eigenvalue weighted by Crippen LogP contribution is 2.28. The molecule has 2 amide bonds. The van der Waals surface area contributed by atoms with Crippen LogP contribution in [0.15, 0.2) is 18.2 Å². The Morgan fingerprint density at radius 2 is 2.22 bits per heavy atom. The van der Waals surface area contributed by atoms with Gasteiger partial charge >= 0.3 is 12.0 Å². The minimum atomic E-state index is -1.11. The summed E-state index contributed by atoms with van der Waals surface area (Å²) in [6, 6.07) is 2.77. The Bertz CT molecular complexity index is 504. The van der Waals surface area contributed by atoms with Crippen molar-refractivity contribution in [1.82, 2.24) is 5.32 Å². The number of halogens is 1. The number of anilines is 1. The fourth-order valence-corrected chi connectivity index (χ4v) is 1.89. The van der Waals surface area contributed by atoms with Crippen molar-refractivity contribution in [2.24, 2.45) is 0 Å². The van der Waals surface area contributed by atoms with Crippen LogP contribution in [0.2, 0.25) is 0 Å². The van der Waals surface area contributed by atoms with E-state index in [-0.39, 0.29) is 0 Å². The molecule has 2 rings (SSSR count). The fourth-order valence-electron chi connectivity index (χ4n) is 1.89. The molecule has 5 nitrogen and oxygen atoms in total. The van der Waals surface area contributed by atoms with Crippen molar-refractivity contribution in [3.8, 4) is 0 Å². The van der Waals surface area contributed by atoms with E-state index < -0.39 is 23.9 Å². The number of carbonyl (C=O) groups is 2. The molecule has 0 fully saturated rings. The van der Waals surface area contributed by atoms with Crippen LogP contribution in [-0.4, -0.2) is 29.7 Å². The molecule has 0 spiro atoms. The Hall–Kier alpha value is -2.11. The first-order chi connectivity index (χ1) is 8.49. The van der Waals surface area contributed by atoms with Gasteiger partial charge in [0.1, 0.15) is 11.9 Å². The van der Waals surface area contributed by atoms with Gasteiger partial charge in [0.15, 0.2) is 0 Å². The maximum Gasteiger partial charge on any atom is 0.325 e. The molecule has 0 aliphatic carbocycles. The number of nitrogens with zero attached hydrogens (tertiary/aromatic N) is 1. The summed E-state index contributed by atoms with van der Waals surface area (Å²) >= 11 is 0. The van der Waals surface area contributed by atoms with Gasteiger partial charge in [-0.25, -0.2) is 9.18 Å². The number of aliphatic carboxylic acids is 1. The molecule has 1 aliphatic rings. The topological polar surface area (TPSA) is 69.6 Å². The molecule has 1 heterocycles. The van der Waals surface area contributed by atoms with Gasteiger partial charge in [-0.1, -0.05) is 6.07 Å². The van der Waals surface area contributed by atoms with Gasteiger partial charge < -0.3 is 10.4 Å². The molecule has 6 heteroatoms. The molecule has 0 radical (unpaired) electrons. The quantitative estimate of drug-likeness (QED) is 0.835. The van der Waals surface area contributed by atoms with Crippen molar-refractivity contribution in [3.05, 3.63) is 29.6 Å². The molecule has 0 saturated carbocycles. The van der Waals surface area contributed by atoms with Gasteiger partial charge in [-0.3, -0.25) is 9.69 Å². The predicted molar refractivity (Wildman–Crippen MR) is 63.1 cm³/mol. The highest BCUT2D eigenvalue weighted by Gasteiger charge is 2.26. The van der Waals surface area contributed by atoms with Crippen molar-refractivity contribution in [2.45, 2.75) is 19.4 Å². The van der Waals surface area contributed by atoms with Crippen LogP contribution in [0.1, 0.15) is 12.5 Å². The van der Waals surface area contributed by atoms with Crippen molar-refractivity contribution in [3.63, 3.8) is 0 Å². The number of rotatable bonds is 2. The zero-order valence-corrected chi connectivity index (χ0v) is 9.81. The maximum atomic E-state index is 13.1. The van der Waals surface area contributed by atoms with Crippen molar-refractivity contribution in [1.29, 1.82) is 0 Å². The summed E-state index contributed by atoms with van der Waals surface area (Å²) < 4.78 is 13.1. The lowest BCUT2D eigenvalue weighted by Crippen LogP contribution is -2.46. The lowest BCUT2D eigenvalue weighted by Gasteiger charge is -2.19. The Balaban J connectivity index is 2.15. The van der Waals surface area contributed by atoms with E-state index in [2.05, 4.69) is 5.32 Å². The first-order valence-electron chi connectivity index (χ1n) is 5.58. The molecule has 1 aromatic rings. The Morgan fingerprint density at radius 3 is 2.89 bits per heavy atom. The predicted octanol–water partition coefficient (Wildman–Crippen LogP) is 1.37. The van der Waals surface area contributed by atoms with Crippen LogP contribution in [0.4, 0.5) is 14.9 Å². The van der Waals surface area contributed by atoms with Crippen LogP contribution in [-0.2, 0) is 11.2 Å². The Morgan fingerprint density at radius 1 is 1.50 bits per heavy atom. The molecule has 2 N–H and O–H groups in total. The summed E-state index contributed by atoms with van der Waals surface area (Å²) in [6.45, 7) is 1.81. The standard InChI is InChI=1S/C12H13FN2O3/c1-7(11(16)17)14-12(18)15-5-4-8-2-3-9(13)6-10(8)15/h2-3,6-7H,4-5H2,1H3,(H,14,18)(H,16,17)/t7-/m0/s1.